The number of allylic oxidation sites excluding steroid dienone is 1. The smallest absolute Gasteiger partial charge is 0.189 e. The van der Waals surface area contributed by atoms with Crippen LogP contribution >= 0.6 is 11.8 Å². The first-order valence-corrected chi connectivity index (χ1v) is 9.73. The number of fused-ring (bicyclic) bond motifs is 1. The predicted octanol–water partition coefficient (Wildman–Crippen LogP) is 5.00. The molecule has 0 N–H and O–H groups in total. The van der Waals surface area contributed by atoms with Crippen LogP contribution in [0.2, 0.25) is 0 Å². The summed E-state index contributed by atoms with van der Waals surface area (Å²) in [6.07, 6.45) is 3.84. The number of ketones is 1. The maximum atomic E-state index is 13.8. The van der Waals surface area contributed by atoms with E-state index in [1.165, 1.54) is 25.3 Å². The van der Waals surface area contributed by atoms with Gasteiger partial charge in [-0.2, -0.15) is 0 Å². The average molecular weight is 388 g/mol. The number of ether oxygens (including phenoxy) is 3. The normalized spacial score (nSPS) is 13.1. The highest BCUT2D eigenvalue weighted by atomic mass is 32.2. The van der Waals surface area contributed by atoms with Gasteiger partial charge in [0.15, 0.2) is 17.3 Å². The highest BCUT2D eigenvalue weighted by Gasteiger charge is 2.19. The molecule has 0 atom stereocenters. The number of methoxy groups -OCH3 is 1. The van der Waals surface area contributed by atoms with Crippen molar-refractivity contribution < 1.29 is 23.4 Å². The maximum Gasteiger partial charge on any atom is 0.189 e. The van der Waals surface area contributed by atoms with Crippen LogP contribution in [0, 0.1) is 5.82 Å². The quantitative estimate of drug-likeness (QED) is 0.493. The van der Waals surface area contributed by atoms with Crippen LogP contribution in [0.15, 0.2) is 41.3 Å². The highest BCUT2D eigenvalue weighted by molar-refractivity contribution is 7.99. The molecular formula is C21H21FO4S. The zero-order chi connectivity index (χ0) is 19.2. The lowest BCUT2D eigenvalue weighted by Crippen LogP contribution is -2.10. The number of rotatable bonds is 7. The van der Waals surface area contributed by atoms with Gasteiger partial charge in [-0.05, 0) is 36.3 Å². The number of hydrogen-bond acceptors (Lipinski definition) is 5. The van der Waals surface area contributed by atoms with Crippen molar-refractivity contribution >= 4 is 23.6 Å². The molecule has 3 rings (SSSR count). The molecule has 0 radical (unpaired) electrons. The van der Waals surface area contributed by atoms with Crippen molar-refractivity contribution in [1.82, 2.24) is 0 Å². The monoisotopic (exact) mass is 388 g/mol. The summed E-state index contributed by atoms with van der Waals surface area (Å²) >= 11 is 1.65. The van der Waals surface area contributed by atoms with Gasteiger partial charge in [0, 0.05) is 11.8 Å². The van der Waals surface area contributed by atoms with Crippen molar-refractivity contribution in [3.63, 3.8) is 0 Å². The van der Waals surface area contributed by atoms with E-state index in [9.17, 15) is 9.18 Å². The molecule has 4 nitrogen and oxygen atoms in total. The van der Waals surface area contributed by atoms with Gasteiger partial charge >= 0.3 is 0 Å². The van der Waals surface area contributed by atoms with Crippen LogP contribution in [0.3, 0.4) is 0 Å². The summed E-state index contributed by atoms with van der Waals surface area (Å²) in [7, 11) is 1.41. The standard InChI is InChI=1S/C21H21FO4S/c1-3-8-25-19-13-20-21(27-10-9-26-20)12-15(19)17(23)6-4-14-5-7-18(24-2)16(22)11-14/h4-7,11-13H,3,8-10H2,1-2H3/b6-4+. The van der Waals surface area contributed by atoms with Crippen molar-refractivity contribution in [2.75, 3.05) is 26.1 Å². The SMILES string of the molecule is CCCOc1cc2c(cc1C(=O)/C=C/c1ccc(OC)c(F)c1)SCCO2. The minimum Gasteiger partial charge on any atom is -0.494 e. The number of carbonyl (C=O) groups is 1. The molecule has 0 aliphatic carbocycles. The molecule has 0 spiro atoms. The Morgan fingerprint density at radius 2 is 2.15 bits per heavy atom. The van der Waals surface area contributed by atoms with Gasteiger partial charge in [-0.25, -0.2) is 4.39 Å². The molecule has 142 valence electrons. The molecule has 0 saturated heterocycles. The van der Waals surface area contributed by atoms with E-state index in [1.807, 2.05) is 13.0 Å². The molecule has 0 fully saturated rings. The van der Waals surface area contributed by atoms with Crippen molar-refractivity contribution in [3.05, 3.63) is 53.4 Å². The van der Waals surface area contributed by atoms with Crippen LogP contribution in [0.4, 0.5) is 4.39 Å². The molecule has 0 bridgehead atoms. The van der Waals surface area contributed by atoms with E-state index in [1.54, 1.807) is 30.0 Å². The van der Waals surface area contributed by atoms with E-state index in [4.69, 9.17) is 14.2 Å². The Balaban J connectivity index is 1.87. The number of halogens is 1. The summed E-state index contributed by atoms with van der Waals surface area (Å²) in [6.45, 7) is 3.16. The lowest BCUT2D eigenvalue weighted by molar-refractivity contribution is 0.104. The molecule has 0 saturated carbocycles. The zero-order valence-corrected chi connectivity index (χ0v) is 16.1. The first-order chi connectivity index (χ1) is 13.1. The molecule has 0 unspecified atom stereocenters. The Morgan fingerprint density at radius 1 is 1.30 bits per heavy atom. The Hall–Kier alpha value is -2.47. The average Bonchev–Trinajstić information content (AvgIpc) is 2.69. The number of benzene rings is 2. The van der Waals surface area contributed by atoms with Gasteiger partial charge in [-0.3, -0.25) is 4.79 Å². The number of hydrogen-bond donors (Lipinski definition) is 0. The summed E-state index contributed by atoms with van der Waals surface area (Å²) in [5.41, 5.74) is 1.05. The summed E-state index contributed by atoms with van der Waals surface area (Å²) in [4.78, 5) is 13.7. The third kappa shape index (κ3) is 4.63. The van der Waals surface area contributed by atoms with Crippen LogP contribution in [-0.2, 0) is 0 Å². The Morgan fingerprint density at radius 3 is 2.89 bits per heavy atom. The fourth-order valence-corrected chi connectivity index (χ4v) is 3.49. The van der Waals surface area contributed by atoms with E-state index in [-0.39, 0.29) is 11.5 Å². The van der Waals surface area contributed by atoms with Gasteiger partial charge in [-0.15, -0.1) is 11.8 Å². The van der Waals surface area contributed by atoms with E-state index < -0.39 is 5.82 Å². The van der Waals surface area contributed by atoms with Crippen LogP contribution in [0.1, 0.15) is 29.3 Å². The predicted molar refractivity (Wildman–Crippen MR) is 105 cm³/mol. The van der Waals surface area contributed by atoms with E-state index >= 15 is 0 Å². The van der Waals surface area contributed by atoms with Crippen molar-refractivity contribution in [2.45, 2.75) is 18.2 Å². The topological polar surface area (TPSA) is 44.8 Å². The maximum absolute atomic E-state index is 13.8. The molecule has 1 heterocycles. The van der Waals surface area contributed by atoms with E-state index in [0.29, 0.717) is 30.1 Å². The Bertz CT molecular complexity index is 864. The Labute approximate surface area is 162 Å². The first-order valence-electron chi connectivity index (χ1n) is 8.74. The third-order valence-electron chi connectivity index (χ3n) is 3.97. The molecule has 0 amide bonds. The molecule has 1 aliphatic rings. The van der Waals surface area contributed by atoms with Crippen molar-refractivity contribution in [1.29, 1.82) is 0 Å². The van der Waals surface area contributed by atoms with E-state index in [2.05, 4.69) is 0 Å². The summed E-state index contributed by atoms with van der Waals surface area (Å²) in [5.74, 6) is 1.59. The summed E-state index contributed by atoms with van der Waals surface area (Å²) in [5, 5.41) is 0. The molecule has 27 heavy (non-hydrogen) atoms. The number of carbonyl (C=O) groups excluding carboxylic acids is 1. The second-order valence-corrected chi connectivity index (χ2v) is 7.07. The third-order valence-corrected chi connectivity index (χ3v) is 4.98. The van der Waals surface area contributed by atoms with Crippen LogP contribution in [-0.4, -0.2) is 31.9 Å². The molecular weight excluding hydrogens is 367 g/mol. The number of thioether (sulfide) groups is 1. The van der Waals surface area contributed by atoms with Gasteiger partial charge in [0.1, 0.15) is 11.5 Å². The molecule has 1 aliphatic heterocycles. The lowest BCUT2D eigenvalue weighted by Gasteiger charge is -2.19. The van der Waals surface area contributed by atoms with Gasteiger partial charge in [0.2, 0.25) is 0 Å². The zero-order valence-electron chi connectivity index (χ0n) is 15.3. The second kappa shape index (κ2) is 8.95. The van der Waals surface area contributed by atoms with E-state index in [0.717, 1.165) is 22.8 Å². The fraction of sp³-hybridized carbons (Fsp3) is 0.286. The Kier molecular flexibility index (Phi) is 6.40. The van der Waals surface area contributed by atoms with Gasteiger partial charge in [0.05, 0.1) is 30.8 Å². The minimum atomic E-state index is -0.471. The second-order valence-electron chi connectivity index (χ2n) is 5.93. The van der Waals surface area contributed by atoms with Gasteiger partial charge in [-0.1, -0.05) is 19.1 Å². The molecule has 6 heteroatoms. The van der Waals surface area contributed by atoms with Crippen molar-refractivity contribution in [3.8, 4) is 17.2 Å². The molecule has 2 aromatic rings. The summed E-state index contributed by atoms with van der Waals surface area (Å²) in [6, 6.07) is 8.14. The van der Waals surface area contributed by atoms with Gasteiger partial charge < -0.3 is 14.2 Å². The largest absolute Gasteiger partial charge is 0.494 e. The van der Waals surface area contributed by atoms with Crippen molar-refractivity contribution in [2.24, 2.45) is 0 Å². The molecule has 2 aromatic carbocycles. The van der Waals surface area contributed by atoms with Crippen LogP contribution in [0.5, 0.6) is 17.2 Å². The van der Waals surface area contributed by atoms with Crippen LogP contribution in [0.25, 0.3) is 6.08 Å². The highest BCUT2D eigenvalue weighted by Crippen LogP contribution is 2.38. The summed E-state index contributed by atoms with van der Waals surface area (Å²) < 4.78 is 30.1. The first kappa shape index (κ1) is 19.3. The van der Waals surface area contributed by atoms with Crippen LogP contribution < -0.4 is 14.2 Å². The van der Waals surface area contributed by atoms with Gasteiger partial charge in [0.25, 0.3) is 0 Å². The lowest BCUT2D eigenvalue weighted by atomic mass is 10.1. The minimum absolute atomic E-state index is 0.167. The molecule has 0 aromatic heterocycles. The fourth-order valence-electron chi connectivity index (χ4n) is 2.64.